The molecule has 0 heteroatoms. The molecule has 0 heterocycles. The molecule has 0 spiro atoms. The van der Waals surface area contributed by atoms with Gasteiger partial charge in [-0.3, -0.25) is 0 Å². The Balaban J connectivity index is 1.15. The molecule has 0 aliphatic heterocycles. The maximum atomic E-state index is 2.33. The van der Waals surface area contributed by atoms with E-state index in [1.807, 2.05) is 0 Å². The molecular weight excluding hydrogens is 528 g/mol. The topological polar surface area (TPSA) is 0 Å². The molecule has 8 aromatic carbocycles. The first kappa shape index (κ1) is 25.9. The van der Waals surface area contributed by atoms with E-state index in [-0.39, 0.29) is 0 Å². The summed E-state index contributed by atoms with van der Waals surface area (Å²) < 4.78 is 0. The molecule has 0 fully saturated rings. The van der Waals surface area contributed by atoms with E-state index in [1.165, 1.54) is 77.2 Å². The zero-order valence-corrected chi connectivity index (χ0v) is 24.3. The van der Waals surface area contributed by atoms with E-state index in [0.29, 0.717) is 0 Å². The van der Waals surface area contributed by atoms with Crippen LogP contribution >= 0.6 is 0 Å². The number of benzene rings is 8. The van der Waals surface area contributed by atoms with E-state index in [0.717, 1.165) is 0 Å². The van der Waals surface area contributed by atoms with Crippen molar-refractivity contribution in [3.63, 3.8) is 0 Å². The second-order valence-electron chi connectivity index (χ2n) is 11.4. The number of rotatable bonds is 5. The van der Waals surface area contributed by atoms with E-state index in [1.54, 1.807) is 0 Å². The van der Waals surface area contributed by atoms with Gasteiger partial charge in [0.1, 0.15) is 0 Å². The van der Waals surface area contributed by atoms with E-state index < -0.39 is 0 Å². The van der Waals surface area contributed by atoms with Gasteiger partial charge in [0.15, 0.2) is 0 Å². The Kier molecular flexibility index (Phi) is 6.59. The van der Waals surface area contributed by atoms with Gasteiger partial charge in [0.05, 0.1) is 0 Å². The molecule has 0 unspecified atom stereocenters. The van der Waals surface area contributed by atoms with Gasteiger partial charge in [-0.15, -0.1) is 0 Å². The quantitative estimate of drug-likeness (QED) is 0.197. The van der Waals surface area contributed by atoms with Crippen molar-refractivity contribution in [2.24, 2.45) is 0 Å². The molecule has 206 valence electrons. The lowest BCUT2D eigenvalue weighted by Gasteiger charge is -2.13. The van der Waals surface area contributed by atoms with Gasteiger partial charge in [-0.05, 0) is 114 Å². The zero-order valence-electron chi connectivity index (χ0n) is 24.3. The first-order valence-electron chi connectivity index (χ1n) is 15.2. The van der Waals surface area contributed by atoms with Gasteiger partial charge >= 0.3 is 0 Å². The van der Waals surface area contributed by atoms with Crippen molar-refractivity contribution < 1.29 is 0 Å². The summed E-state index contributed by atoms with van der Waals surface area (Å²) in [5.74, 6) is 0. The van der Waals surface area contributed by atoms with Crippen molar-refractivity contribution in [3.8, 4) is 55.6 Å². The Bertz CT molecular complexity index is 2240. The largest absolute Gasteiger partial charge is 0.0622 e. The molecule has 0 saturated heterocycles. The summed E-state index contributed by atoms with van der Waals surface area (Å²) in [7, 11) is 0. The summed E-state index contributed by atoms with van der Waals surface area (Å²) in [6.07, 6.45) is 0. The molecule has 8 rings (SSSR count). The summed E-state index contributed by atoms with van der Waals surface area (Å²) in [4.78, 5) is 0. The van der Waals surface area contributed by atoms with Crippen LogP contribution in [0.5, 0.6) is 0 Å². The molecular formula is C44H30. The molecule has 8 aromatic rings. The van der Waals surface area contributed by atoms with Crippen LogP contribution in [0.1, 0.15) is 0 Å². The van der Waals surface area contributed by atoms with E-state index in [9.17, 15) is 0 Å². The maximum absolute atomic E-state index is 2.33. The van der Waals surface area contributed by atoms with Crippen molar-refractivity contribution in [3.05, 3.63) is 182 Å². The standard InChI is InChI=1S/C44H30/c1-3-9-31(10-4-1)37-21-23-40-27-38(22-24-39(40)26-37)34-15-17-35(18-16-34)43-28-42(32-11-5-2-6-12-32)29-44(30-43)41-20-19-33-13-7-8-14-36(33)25-41/h1-30H. The highest BCUT2D eigenvalue weighted by Crippen LogP contribution is 2.35. The smallest absolute Gasteiger partial charge is 0.0171 e. The minimum atomic E-state index is 1.21. The van der Waals surface area contributed by atoms with Crippen molar-refractivity contribution in [2.75, 3.05) is 0 Å². The lowest BCUT2D eigenvalue weighted by atomic mass is 9.92. The first-order chi connectivity index (χ1) is 21.8. The molecule has 0 radical (unpaired) electrons. The van der Waals surface area contributed by atoms with Crippen LogP contribution in [0, 0.1) is 0 Å². The SMILES string of the molecule is c1ccc(-c2cc(-c3ccc(-c4ccc5cc(-c6ccccc6)ccc5c4)cc3)cc(-c3ccc4ccccc4c3)c2)cc1. The molecule has 44 heavy (non-hydrogen) atoms. The third kappa shape index (κ3) is 5.08. The van der Waals surface area contributed by atoms with Gasteiger partial charge in [-0.2, -0.15) is 0 Å². The molecule has 0 bridgehead atoms. The number of hydrogen-bond donors (Lipinski definition) is 0. The van der Waals surface area contributed by atoms with Crippen LogP contribution < -0.4 is 0 Å². The Hall–Kier alpha value is -5.72. The second-order valence-corrected chi connectivity index (χ2v) is 11.4. The summed E-state index contributed by atoms with van der Waals surface area (Å²) in [5.41, 5.74) is 12.3. The highest BCUT2D eigenvalue weighted by molar-refractivity contribution is 5.92. The van der Waals surface area contributed by atoms with Gasteiger partial charge in [0.25, 0.3) is 0 Å². The Morgan fingerprint density at radius 3 is 0.977 bits per heavy atom. The molecule has 0 saturated carbocycles. The molecule has 0 atom stereocenters. The summed E-state index contributed by atoms with van der Waals surface area (Å²) in [6, 6.07) is 66.1. The number of hydrogen-bond acceptors (Lipinski definition) is 0. The predicted octanol–water partition coefficient (Wildman–Crippen LogP) is 12.3. The summed E-state index contributed by atoms with van der Waals surface area (Å²) in [5, 5.41) is 5.02. The summed E-state index contributed by atoms with van der Waals surface area (Å²) in [6.45, 7) is 0. The van der Waals surface area contributed by atoms with Gasteiger partial charge in [0.2, 0.25) is 0 Å². The Labute approximate surface area is 258 Å². The van der Waals surface area contributed by atoms with Gasteiger partial charge in [0, 0.05) is 0 Å². The van der Waals surface area contributed by atoms with Gasteiger partial charge in [-0.1, -0.05) is 146 Å². The molecule has 0 aromatic heterocycles. The van der Waals surface area contributed by atoms with Crippen molar-refractivity contribution in [1.82, 2.24) is 0 Å². The fourth-order valence-corrected chi connectivity index (χ4v) is 6.22. The average Bonchev–Trinajstić information content (AvgIpc) is 3.11. The van der Waals surface area contributed by atoms with Crippen molar-refractivity contribution in [1.29, 1.82) is 0 Å². The first-order valence-corrected chi connectivity index (χ1v) is 15.2. The van der Waals surface area contributed by atoms with Crippen LogP contribution in [0.4, 0.5) is 0 Å². The molecule has 0 aliphatic rings. The maximum Gasteiger partial charge on any atom is -0.0171 e. The van der Waals surface area contributed by atoms with E-state index in [2.05, 4.69) is 182 Å². The van der Waals surface area contributed by atoms with Gasteiger partial charge < -0.3 is 0 Å². The lowest BCUT2D eigenvalue weighted by molar-refractivity contribution is 1.57. The van der Waals surface area contributed by atoms with Crippen LogP contribution in [0.3, 0.4) is 0 Å². The normalized spacial score (nSPS) is 11.2. The Morgan fingerprint density at radius 2 is 0.455 bits per heavy atom. The second kappa shape index (κ2) is 11.2. The predicted molar refractivity (Wildman–Crippen MR) is 189 cm³/mol. The molecule has 0 aliphatic carbocycles. The van der Waals surface area contributed by atoms with E-state index >= 15 is 0 Å². The monoisotopic (exact) mass is 558 g/mol. The number of fused-ring (bicyclic) bond motifs is 2. The van der Waals surface area contributed by atoms with Crippen LogP contribution in [0.2, 0.25) is 0 Å². The van der Waals surface area contributed by atoms with Crippen LogP contribution in [0.25, 0.3) is 77.2 Å². The lowest BCUT2D eigenvalue weighted by Crippen LogP contribution is -1.87. The average molecular weight is 559 g/mol. The van der Waals surface area contributed by atoms with Crippen LogP contribution in [0.15, 0.2) is 182 Å². The molecule has 0 amide bonds. The van der Waals surface area contributed by atoms with Gasteiger partial charge in [-0.25, -0.2) is 0 Å². The van der Waals surface area contributed by atoms with Crippen LogP contribution in [-0.4, -0.2) is 0 Å². The van der Waals surface area contributed by atoms with Crippen LogP contribution in [-0.2, 0) is 0 Å². The third-order valence-electron chi connectivity index (χ3n) is 8.62. The summed E-state index contributed by atoms with van der Waals surface area (Å²) >= 11 is 0. The fourth-order valence-electron chi connectivity index (χ4n) is 6.22. The molecule has 0 nitrogen and oxygen atoms in total. The van der Waals surface area contributed by atoms with E-state index in [4.69, 9.17) is 0 Å². The zero-order chi connectivity index (χ0) is 29.3. The highest BCUT2D eigenvalue weighted by Gasteiger charge is 2.09. The fraction of sp³-hybridized carbons (Fsp3) is 0. The molecule has 0 N–H and O–H groups in total. The van der Waals surface area contributed by atoms with Crippen molar-refractivity contribution in [2.45, 2.75) is 0 Å². The minimum Gasteiger partial charge on any atom is -0.0622 e. The highest BCUT2D eigenvalue weighted by atomic mass is 14.1. The Morgan fingerprint density at radius 1 is 0.159 bits per heavy atom. The third-order valence-corrected chi connectivity index (χ3v) is 8.62. The minimum absolute atomic E-state index is 1.21. The van der Waals surface area contributed by atoms with Crippen molar-refractivity contribution >= 4 is 21.5 Å².